The topological polar surface area (TPSA) is 111 Å². The maximum atomic E-state index is 12.6. The van der Waals surface area contributed by atoms with Gasteiger partial charge >= 0.3 is 5.76 Å². The van der Waals surface area contributed by atoms with Crippen LogP contribution in [0.15, 0.2) is 32.3 Å². The van der Waals surface area contributed by atoms with Gasteiger partial charge in [0, 0.05) is 32.8 Å². The van der Waals surface area contributed by atoms with Gasteiger partial charge in [0.1, 0.15) is 6.54 Å². The zero-order valence-corrected chi connectivity index (χ0v) is 15.3. The molecule has 142 valence electrons. The van der Waals surface area contributed by atoms with Crippen molar-refractivity contribution in [2.75, 3.05) is 33.4 Å². The lowest BCUT2D eigenvalue weighted by molar-refractivity contribution is -0.121. The molecule has 1 N–H and O–H groups in total. The average Bonchev–Trinajstić information content (AvgIpc) is 3.24. The Morgan fingerprint density at radius 2 is 2.04 bits per heavy atom. The molecular formula is C16H21N3O6S. The third-order valence-electron chi connectivity index (χ3n) is 4.27. The quantitative estimate of drug-likeness (QED) is 0.681. The molecule has 2 aromatic rings. The van der Waals surface area contributed by atoms with Crippen molar-refractivity contribution in [3.05, 3.63) is 28.7 Å². The number of amides is 1. The molecule has 1 fully saturated rings. The van der Waals surface area contributed by atoms with Crippen LogP contribution in [0, 0.1) is 0 Å². The van der Waals surface area contributed by atoms with Crippen molar-refractivity contribution in [2.24, 2.45) is 0 Å². The van der Waals surface area contributed by atoms with E-state index in [0.717, 1.165) is 12.8 Å². The lowest BCUT2D eigenvalue weighted by atomic mass is 10.3. The van der Waals surface area contributed by atoms with Gasteiger partial charge in [-0.3, -0.25) is 9.36 Å². The average molecular weight is 383 g/mol. The molecule has 1 aliphatic rings. The number of methoxy groups -OCH3 is 1. The number of benzene rings is 1. The number of hydrogen-bond acceptors (Lipinski definition) is 6. The summed E-state index contributed by atoms with van der Waals surface area (Å²) in [5.41, 5.74) is 0.511. The Hall–Kier alpha value is -2.17. The van der Waals surface area contributed by atoms with Crippen molar-refractivity contribution < 1.29 is 22.4 Å². The van der Waals surface area contributed by atoms with E-state index in [9.17, 15) is 18.0 Å². The standard InChI is InChI=1S/C16H21N3O6S/c1-24-9-6-17-15(20)11-19-13-5-4-12(10-14(13)25-16(19)21)26(22,23)18-7-2-3-8-18/h4-5,10H,2-3,6-9,11H2,1H3,(H,17,20). The van der Waals surface area contributed by atoms with E-state index in [2.05, 4.69) is 5.32 Å². The Balaban J connectivity index is 1.86. The highest BCUT2D eigenvalue weighted by Crippen LogP contribution is 2.24. The predicted octanol–water partition coefficient (Wildman–Crippen LogP) is 0.142. The summed E-state index contributed by atoms with van der Waals surface area (Å²) in [7, 11) is -2.08. The van der Waals surface area contributed by atoms with E-state index in [1.165, 1.54) is 34.2 Å². The number of carbonyl (C=O) groups excluding carboxylic acids is 1. The highest BCUT2D eigenvalue weighted by Gasteiger charge is 2.28. The molecule has 0 bridgehead atoms. The number of aromatic nitrogens is 1. The molecule has 3 rings (SSSR count). The second kappa shape index (κ2) is 7.60. The van der Waals surface area contributed by atoms with Crippen LogP contribution < -0.4 is 11.1 Å². The van der Waals surface area contributed by atoms with Crippen LogP contribution in [0.1, 0.15) is 12.8 Å². The van der Waals surface area contributed by atoms with Crippen molar-refractivity contribution in [3.8, 4) is 0 Å². The Morgan fingerprint density at radius 3 is 2.73 bits per heavy atom. The second-order valence-electron chi connectivity index (χ2n) is 6.04. The third-order valence-corrected chi connectivity index (χ3v) is 6.17. The molecule has 1 aliphatic heterocycles. The summed E-state index contributed by atoms with van der Waals surface area (Å²) in [6.07, 6.45) is 1.68. The molecule has 0 saturated carbocycles. The Kier molecular flexibility index (Phi) is 5.44. The summed E-state index contributed by atoms with van der Waals surface area (Å²) in [5.74, 6) is -1.07. The number of nitrogens with one attached hydrogen (secondary N) is 1. The maximum Gasteiger partial charge on any atom is 0.420 e. The first-order valence-corrected chi connectivity index (χ1v) is 9.76. The van der Waals surface area contributed by atoms with Gasteiger partial charge in [-0.1, -0.05) is 0 Å². The zero-order chi connectivity index (χ0) is 18.7. The van der Waals surface area contributed by atoms with Gasteiger partial charge in [-0.2, -0.15) is 4.31 Å². The first kappa shape index (κ1) is 18.6. The first-order chi connectivity index (χ1) is 12.4. The number of rotatable bonds is 7. The van der Waals surface area contributed by atoms with Crippen molar-refractivity contribution in [1.29, 1.82) is 0 Å². The summed E-state index contributed by atoms with van der Waals surface area (Å²) in [4.78, 5) is 24.0. The molecular weight excluding hydrogens is 362 g/mol. The molecule has 9 nitrogen and oxygen atoms in total. The monoisotopic (exact) mass is 383 g/mol. The molecule has 0 aliphatic carbocycles. The fourth-order valence-electron chi connectivity index (χ4n) is 2.93. The summed E-state index contributed by atoms with van der Waals surface area (Å²) in [6, 6.07) is 4.26. The van der Waals surface area contributed by atoms with E-state index < -0.39 is 15.8 Å². The summed E-state index contributed by atoms with van der Waals surface area (Å²) in [5, 5.41) is 2.62. The number of carbonyl (C=O) groups is 1. The number of hydrogen-bond donors (Lipinski definition) is 1. The smallest absolute Gasteiger partial charge is 0.408 e. The largest absolute Gasteiger partial charge is 0.420 e. The van der Waals surface area contributed by atoms with Gasteiger partial charge in [0.05, 0.1) is 17.0 Å². The summed E-state index contributed by atoms with van der Waals surface area (Å²) >= 11 is 0. The molecule has 0 atom stereocenters. The van der Waals surface area contributed by atoms with Crippen LogP contribution in [0.3, 0.4) is 0 Å². The predicted molar refractivity (Wildman–Crippen MR) is 93.4 cm³/mol. The van der Waals surface area contributed by atoms with Crippen LogP contribution >= 0.6 is 0 Å². The van der Waals surface area contributed by atoms with Gasteiger partial charge in [-0.05, 0) is 25.0 Å². The second-order valence-corrected chi connectivity index (χ2v) is 7.98. The highest BCUT2D eigenvalue weighted by molar-refractivity contribution is 7.89. The molecule has 0 radical (unpaired) electrons. The number of oxazole rings is 1. The van der Waals surface area contributed by atoms with Crippen LogP contribution in [0.5, 0.6) is 0 Å². The molecule has 26 heavy (non-hydrogen) atoms. The number of sulfonamides is 1. The van der Waals surface area contributed by atoms with Crippen LogP contribution in [0.2, 0.25) is 0 Å². The molecule has 10 heteroatoms. The number of nitrogens with zero attached hydrogens (tertiary/aromatic N) is 2. The minimum Gasteiger partial charge on any atom is -0.408 e. The minimum atomic E-state index is -3.60. The van der Waals surface area contributed by atoms with E-state index in [1.807, 2.05) is 0 Å². The van der Waals surface area contributed by atoms with Gasteiger partial charge in [0.25, 0.3) is 0 Å². The van der Waals surface area contributed by atoms with Crippen LogP contribution in [0.25, 0.3) is 11.1 Å². The van der Waals surface area contributed by atoms with Gasteiger partial charge in [-0.25, -0.2) is 13.2 Å². The molecule has 1 aromatic heterocycles. The Labute approximate surface area is 150 Å². The van der Waals surface area contributed by atoms with E-state index in [4.69, 9.17) is 9.15 Å². The van der Waals surface area contributed by atoms with Gasteiger partial charge in [0.2, 0.25) is 15.9 Å². The number of fused-ring (bicyclic) bond motifs is 1. The lowest BCUT2D eigenvalue weighted by Gasteiger charge is -2.15. The Morgan fingerprint density at radius 1 is 1.31 bits per heavy atom. The molecule has 0 unspecified atom stereocenters. The van der Waals surface area contributed by atoms with Crippen LogP contribution in [-0.4, -0.2) is 56.5 Å². The van der Waals surface area contributed by atoms with E-state index in [1.54, 1.807) is 0 Å². The van der Waals surface area contributed by atoms with Crippen LogP contribution in [0.4, 0.5) is 0 Å². The molecule has 1 aromatic carbocycles. The van der Waals surface area contributed by atoms with Crippen LogP contribution in [-0.2, 0) is 26.1 Å². The van der Waals surface area contributed by atoms with Crippen molar-refractivity contribution in [2.45, 2.75) is 24.3 Å². The zero-order valence-electron chi connectivity index (χ0n) is 14.4. The number of ether oxygens (including phenoxy) is 1. The van der Waals surface area contributed by atoms with Crippen molar-refractivity contribution >= 4 is 27.0 Å². The van der Waals surface area contributed by atoms with Crippen molar-refractivity contribution in [1.82, 2.24) is 14.2 Å². The van der Waals surface area contributed by atoms with Crippen molar-refractivity contribution in [3.63, 3.8) is 0 Å². The van der Waals surface area contributed by atoms with E-state index in [0.29, 0.717) is 31.8 Å². The fourth-order valence-corrected chi connectivity index (χ4v) is 4.46. The lowest BCUT2D eigenvalue weighted by Crippen LogP contribution is -2.32. The summed E-state index contributed by atoms with van der Waals surface area (Å²) < 4.78 is 37.8. The maximum absolute atomic E-state index is 12.6. The third kappa shape index (κ3) is 3.67. The summed E-state index contributed by atoms with van der Waals surface area (Å²) in [6.45, 7) is 1.47. The van der Waals surface area contributed by atoms with Gasteiger partial charge in [-0.15, -0.1) is 0 Å². The van der Waals surface area contributed by atoms with Gasteiger partial charge in [0.15, 0.2) is 5.58 Å². The highest BCUT2D eigenvalue weighted by atomic mass is 32.2. The van der Waals surface area contributed by atoms with E-state index >= 15 is 0 Å². The molecule has 2 heterocycles. The van der Waals surface area contributed by atoms with Gasteiger partial charge < -0.3 is 14.5 Å². The first-order valence-electron chi connectivity index (χ1n) is 8.32. The normalized spacial score (nSPS) is 15.6. The molecule has 1 saturated heterocycles. The Bertz CT molecular complexity index is 956. The molecule has 1 amide bonds. The minimum absolute atomic E-state index is 0.0809. The fraction of sp³-hybridized carbons (Fsp3) is 0.500. The van der Waals surface area contributed by atoms with E-state index in [-0.39, 0.29) is 22.9 Å². The molecule has 0 spiro atoms. The SMILES string of the molecule is COCCNC(=O)Cn1c(=O)oc2cc(S(=O)(=O)N3CCCC3)ccc21.